The van der Waals surface area contributed by atoms with Gasteiger partial charge in [0.25, 0.3) is 17.7 Å². The molecule has 0 aliphatic heterocycles. The van der Waals surface area contributed by atoms with E-state index in [1.54, 1.807) is 128 Å². The fraction of sp³-hybridized carbons (Fsp3) is 0.0714. The number of halogens is 16. The number of aromatic nitrogens is 6. The van der Waals surface area contributed by atoms with E-state index in [9.17, 15) is 80.2 Å². The van der Waals surface area contributed by atoms with Crippen molar-refractivity contribution in [1.29, 1.82) is 0 Å². The average molecular weight is 1560 g/mol. The lowest BCUT2D eigenvalue weighted by Crippen LogP contribution is -2.19. The normalized spacial score (nSPS) is 11.6. The Morgan fingerprint density at radius 3 is 1.07 bits per heavy atom. The Morgan fingerprint density at radius 1 is 0.366 bits per heavy atom. The Bertz CT molecular complexity index is 5910. The molecule has 15 aromatic rings. The lowest BCUT2D eigenvalue weighted by molar-refractivity contribution is -0.138. The smallest absolute Gasteiger partial charge is 0.322 e. The maximum absolute atomic E-state index is 14.5. The Hall–Kier alpha value is -13.3. The van der Waals surface area contributed by atoms with Gasteiger partial charge in [0.15, 0.2) is 34.9 Å². The van der Waals surface area contributed by atoms with Gasteiger partial charge in [-0.1, -0.05) is 95.6 Å². The van der Waals surface area contributed by atoms with E-state index < -0.39 is 105 Å². The molecule has 0 saturated heterocycles. The zero-order valence-electron chi connectivity index (χ0n) is 58.1. The number of nitrogens with zero attached hydrogens (tertiary/aromatic N) is 6. The standard InChI is InChI=1S/C28H17ClF5N3O.2C28H18F5N3O/c1-15-8-11-17(12-9-15)35-26(38)19-14-16(10-13-20(19)28(32,33)34)22-6-3-7-23-25(36-27(29)37(22)23)18-4-2-5-21(30)24(18)31;2*1-16-7-10-18(11-8-16)35-27(37)21-14-17(9-12-22(21)28(31,32)33)19-5-3-13-36-24(15-34-26(19)36)20-4-2-6-23(29)25(20)30/h2-14H,1H3,(H,35,38);2*2-15H,1H3,(H,35,37). The summed E-state index contributed by atoms with van der Waals surface area (Å²) in [6.07, 6.45) is -8.45. The van der Waals surface area contributed by atoms with E-state index in [4.69, 9.17) is 11.6 Å². The maximum Gasteiger partial charge on any atom is 0.417 e. The van der Waals surface area contributed by atoms with Crippen LogP contribution in [0, 0.1) is 55.7 Å². The molecule has 0 saturated carbocycles. The quantitative estimate of drug-likeness (QED) is 0.104. The van der Waals surface area contributed by atoms with Gasteiger partial charge in [0.05, 0.1) is 68.4 Å². The third-order valence-electron chi connectivity index (χ3n) is 17.9. The van der Waals surface area contributed by atoms with E-state index in [-0.39, 0.29) is 44.6 Å². The molecule has 6 aromatic heterocycles. The number of aryl methyl sites for hydroxylation is 3. The first-order chi connectivity index (χ1) is 53.3. The fourth-order valence-corrected chi connectivity index (χ4v) is 12.7. The summed E-state index contributed by atoms with van der Waals surface area (Å²) in [5, 5.41) is 7.40. The maximum atomic E-state index is 14.5. The topological polar surface area (TPSA) is 139 Å². The van der Waals surface area contributed by atoms with Gasteiger partial charge in [0, 0.05) is 57.3 Å². The molecule has 6 heterocycles. The molecule has 0 fully saturated rings. The summed E-state index contributed by atoms with van der Waals surface area (Å²) < 4.78 is 214. The van der Waals surface area contributed by atoms with Crippen LogP contribution < -0.4 is 16.0 Å². The number of hydrogen-bond donors (Lipinski definition) is 3. The molecule has 15 rings (SSSR count). The number of alkyl halides is 9. The monoisotopic (exact) mass is 1560 g/mol. The van der Waals surface area contributed by atoms with Crippen molar-refractivity contribution in [2.45, 2.75) is 39.3 Å². The van der Waals surface area contributed by atoms with Crippen molar-refractivity contribution < 1.29 is 80.2 Å². The van der Waals surface area contributed by atoms with Gasteiger partial charge in [-0.25, -0.2) is 41.3 Å². The number of amides is 3. The van der Waals surface area contributed by atoms with Crippen LogP contribution in [0.4, 0.5) is 82.9 Å². The highest BCUT2D eigenvalue weighted by Gasteiger charge is 2.39. The number of fused-ring (bicyclic) bond motifs is 3. The van der Waals surface area contributed by atoms with Crippen LogP contribution in [0.5, 0.6) is 0 Å². The fourth-order valence-electron chi connectivity index (χ4n) is 12.4. The van der Waals surface area contributed by atoms with Gasteiger partial charge in [-0.05, 0) is 195 Å². The second kappa shape index (κ2) is 31.0. The van der Waals surface area contributed by atoms with E-state index in [0.29, 0.717) is 61.8 Å². The molecule has 12 nitrogen and oxygen atoms in total. The Labute approximate surface area is 630 Å². The van der Waals surface area contributed by atoms with Crippen LogP contribution in [0.1, 0.15) is 64.5 Å². The number of carbonyl (C=O) groups is 3. The van der Waals surface area contributed by atoms with Crippen molar-refractivity contribution >= 4 is 63.2 Å². The summed E-state index contributed by atoms with van der Waals surface area (Å²) in [7, 11) is 0. The van der Waals surface area contributed by atoms with Crippen LogP contribution in [0.3, 0.4) is 0 Å². The molecule has 0 spiro atoms. The molecule has 3 N–H and O–H groups in total. The second-order valence-electron chi connectivity index (χ2n) is 25.4. The van der Waals surface area contributed by atoms with Crippen molar-refractivity contribution in [2.75, 3.05) is 16.0 Å². The lowest BCUT2D eigenvalue weighted by Gasteiger charge is -2.15. The summed E-state index contributed by atoms with van der Waals surface area (Å²) in [5.41, 5.74) is 2.05. The number of imidazole rings is 3. The number of benzene rings is 9. The van der Waals surface area contributed by atoms with Crippen molar-refractivity contribution in [1.82, 2.24) is 28.2 Å². The molecule has 112 heavy (non-hydrogen) atoms. The van der Waals surface area contributed by atoms with Crippen LogP contribution >= 0.6 is 11.6 Å². The van der Waals surface area contributed by atoms with Gasteiger partial charge in [0.2, 0.25) is 5.28 Å². The molecule has 0 atom stereocenters. The summed E-state index contributed by atoms with van der Waals surface area (Å²) in [6.45, 7) is 5.54. The average Bonchev–Trinajstić information content (AvgIpc) is 1.62. The van der Waals surface area contributed by atoms with Crippen molar-refractivity contribution in [3.05, 3.63) is 340 Å². The Morgan fingerprint density at radius 2 is 0.696 bits per heavy atom. The van der Waals surface area contributed by atoms with Crippen molar-refractivity contribution in [3.63, 3.8) is 0 Å². The van der Waals surface area contributed by atoms with Crippen molar-refractivity contribution in [3.8, 4) is 67.3 Å². The molecule has 0 radical (unpaired) electrons. The molecular formula is C84H53ClF15N9O3. The minimum atomic E-state index is -4.79. The van der Waals surface area contributed by atoms with Crippen molar-refractivity contribution in [2.24, 2.45) is 0 Å². The highest BCUT2D eigenvalue weighted by Crippen LogP contribution is 2.42. The molecular weight excluding hydrogens is 1500 g/mol. The lowest BCUT2D eigenvalue weighted by atomic mass is 9.98. The molecule has 0 aliphatic carbocycles. The van der Waals surface area contributed by atoms with Crippen LogP contribution in [0.15, 0.2) is 249 Å². The van der Waals surface area contributed by atoms with Crippen LogP contribution in [-0.4, -0.2) is 45.9 Å². The first-order valence-electron chi connectivity index (χ1n) is 33.5. The van der Waals surface area contributed by atoms with Gasteiger partial charge in [-0.2, -0.15) is 39.5 Å². The summed E-state index contributed by atoms with van der Waals surface area (Å²) >= 11 is 6.38. The first-order valence-corrected chi connectivity index (χ1v) is 33.9. The SMILES string of the molecule is Cc1ccc(NC(=O)c2cc(-c3cccc4c(-c5cccc(F)c5F)nc(Cl)n34)ccc2C(F)(F)F)cc1.Cc1ccc(NC(=O)c2cc(-c3cccn4c(-c5cccc(F)c5F)cnc34)ccc2C(F)(F)F)cc1.Cc1ccc(NC(=O)c2cc(-c3cccn4c(-c5cccc(F)c5F)cnc34)ccc2C(F)(F)F)cc1. The van der Waals surface area contributed by atoms with E-state index in [0.717, 1.165) is 71.3 Å². The largest absolute Gasteiger partial charge is 0.417 e. The Balaban J connectivity index is 0.000000147. The molecule has 0 bridgehead atoms. The highest BCUT2D eigenvalue weighted by molar-refractivity contribution is 6.29. The van der Waals surface area contributed by atoms with Gasteiger partial charge in [-0.3, -0.25) is 27.6 Å². The molecule has 9 aromatic carbocycles. The molecule has 0 unspecified atom stereocenters. The number of carbonyl (C=O) groups excluding carboxylic acids is 3. The number of pyridine rings is 3. The molecule has 564 valence electrons. The molecule has 3 amide bonds. The van der Waals surface area contributed by atoms with Gasteiger partial charge < -0.3 is 16.0 Å². The van der Waals surface area contributed by atoms with E-state index in [2.05, 4.69) is 30.9 Å². The van der Waals surface area contributed by atoms with E-state index >= 15 is 0 Å². The zero-order valence-corrected chi connectivity index (χ0v) is 58.9. The third kappa shape index (κ3) is 15.9. The number of nitrogens with one attached hydrogen (secondary N) is 3. The number of anilines is 3. The van der Waals surface area contributed by atoms with Crippen LogP contribution in [0.2, 0.25) is 5.28 Å². The predicted octanol–water partition coefficient (Wildman–Crippen LogP) is 23.2. The molecule has 0 aliphatic rings. The second-order valence-corrected chi connectivity index (χ2v) is 25.8. The van der Waals surface area contributed by atoms with Gasteiger partial charge in [-0.15, -0.1) is 0 Å². The predicted molar refractivity (Wildman–Crippen MR) is 395 cm³/mol. The highest BCUT2D eigenvalue weighted by atomic mass is 35.5. The van der Waals surface area contributed by atoms with Crippen LogP contribution in [0.25, 0.3) is 84.1 Å². The summed E-state index contributed by atoms with van der Waals surface area (Å²) in [6, 6.07) is 51.9. The Kier molecular flexibility index (Phi) is 21.3. The summed E-state index contributed by atoms with van der Waals surface area (Å²) in [5.74, 6) is -9.09. The van der Waals surface area contributed by atoms with E-state index in [1.807, 2.05) is 20.8 Å². The minimum Gasteiger partial charge on any atom is -0.322 e. The van der Waals surface area contributed by atoms with Crippen LogP contribution in [-0.2, 0) is 18.5 Å². The number of hydrogen-bond acceptors (Lipinski definition) is 6. The summed E-state index contributed by atoms with van der Waals surface area (Å²) in [4.78, 5) is 51.7. The third-order valence-corrected chi connectivity index (χ3v) is 18.2. The van der Waals surface area contributed by atoms with Gasteiger partial charge in [0.1, 0.15) is 17.0 Å². The van der Waals surface area contributed by atoms with Gasteiger partial charge >= 0.3 is 18.5 Å². The first kappa shape index (κ1) is 76.9. The number of rotatable bonds is 12. The minimum absolute atomic E-state index is 0.0183. The zero-order chi connectivity index (χ0) is 79.8. The van der Waals surface area contributed by atoms with E-state index in [1.165, 1.54) is 80.2 Å². The molecule has 28 heteroatoms.